The molecule has 0 aliphatic carbocycles. The zero-order valence-corrected chi connectivity index (χ0v) is 19.0. The maximum atomic E-state index is 13.1. The first-order chi connectivity index (χ1) is 15.5. The van der Waals surface area contributed by atoms with Gasteiger partial charge in [-0.2, -0.15) is 5.10 Å². The summed E-state index contributed by atoms with van der Waals surface area (Å²) in [6, 6.07) is 13.6. The van der Waals surface area contributed by atoms with E-state index in [0.29, 0.717) is 19.6 Å². The summed E-state index contributed by atoms with van der Waals surface area (Å²) >= 11 is 0. The van der Waals surface area contributed by atoms with Crippen molar-refractivity contribution in [2.24, 2.45) is 5.73 Å². The van der Waals surface area contributed by atoms with Crippen LogP contribution in [0.2, 0.25) is 0 Å². The second-order valence-corrected chi connectivity index (χ2v) is 7.58. The molecule has 0 spiro atoms. The maximum absolute atomic E-state index is 13.1. The average Bonchev–Trinajstić information content (AvgIpc) is 3.36. The molecule has 0 aliphatic rings. The van der Waals surface area contributed by atoms with Crippen molar-refractivity contribution in [3.63, 3.8) is 0 Å². The van der Waals surface area contributed by atoms with Crippen molar-refractivity contribution in [3.8, 4) is 16.9 Å². The molecule has 0 fully saturated rings. The Morgan fingerprint density at radius 3 is 2.75 bits per heavy atom. The lowest BCUT2D eigenvalue weighted by molar-refractivity contribution is 0.212. The van der Waals surface area contributed by atoms with Crippen LogP contribution in [0.25, 0.3) is 11.1 Å². The smallest absolute Gasteiger partial charge is 0.322 e. The Balaban J connectivity index is 1.82. The molecule has 0 bridgehead atoms. The fourth-order valence-corrected chi connectivity index (χ4v) is 3.50. The number of hydrogen-bond acceptors (Lipinski definition) is 5. The Bertz CT molecular complexity index is 1010. The van der Waals surface area contributed by atoms with Crippen LogP contribution < -0.4 is 20.7 Å². The van der Waals surface area contributed by atoms with Gasteiger partial charge < -0.3 is 25.6 Å². The largest absolute Gasteiger partial charge is 0.497 e. The van der Waals surface area contributed by atoms with Gasteiger partial charge in [-0.05, 0) is 55.3 Å². The van der Waals surface area contributed by atoms with Crippen molar-refractivity contribution >= 4 is 17.4 Å². The number of methoxy groups -OCH3 is 1. The normalized spacial score (nSPS) is 10.6. The molecule has 1 aromatic heterocycles. The minimum Gasteiger partial charge on any atom is -0.497 e. The molecule has 0 aliphatic heterocycles. The molecule has 2 aromatic carbocycles. The summed E-state index contributed by atoms with van der Waals surface area (Å²) in [5.74, 6) is 0.776. The van der Waals surface area contributed by atoms with Crippen LogP contribution in [0.1, 0.15) is 18.9 Å². The molecule has 8 nitrogen and oxygen atoms in total. The van der Waals surface area contributed by atoms with Crippen molar-refractivity contribution < 1.29 is 9.53 Å². The van der Waals surface area contributed by atoms with Gasteiger partial charge in [0.1, 0.15) is 5.75 Å². The minimum atomic E-state index is -0.153. The Morgan fingerprint density at radius 1 is 1.22 bits per heavy atom. The molecule has 4 N–H and O–H groups in total. The number of nitrogens with one attached hydrogen (secondary N) is 2. The van der Waals surface area contributed by atoms with E-state index in [1.807, 2.05) is 56.6 Å². The number of ether oxygens (including phenoxy) is 1. The van der Waals surface area contributed by atoms with E-state index >= 15 is 0 Å². The van der Waals surface area contributed by atoms with Gasteiger partial charge in [0.2, 0.25) is 0 Å². The Morgan fingerprint density at radius 2 is 2.06 bits per heavy atom. The molecule has 8 heteroatoms. The van der Waals surface area contributed by atoms with Gasteiger partial charge in [-0.25, -0.2) is 4.79 Å². The lowest BCUT2D eigenvalue weighted by atomic mass is 10.1. The van der Waals surface area contributed by atoms with Crippen LogP contribution in [0, 0.1) is 0 Å². The number of anilines is 2. The van der Waals surface area contributed by atoms with Gasteiger partial charge >= 0.3 is 6.03 Å². The lowest BCUT2D eigenvalue weighted by Crippen LogP contribution is -2.35. The van der Waals surface area contributed by atoms with Gasteiger partial charge in [0.25, 0.3) is 0 Å². The first-order valence-electron chi connectivity index (χ1n) is 10.8. The number of urea groups is 1. The first-order valence-corrected chi connectivity index (χ1v) is 10.8. The third-order valence-electron chi connectivity index (χ3n) is 5.36. The predicted octanol–water partition coefficient (Wildman–Crippen LogP) is 3.92. The van der Waals surface area contributed by atoms with Crippen LogP contribution in [-0.2, 0) is 6.54 Å². The highest BCUT2D eigenvalue weighted by Crippen LogP contribution is 2.31. The van der Waals surface area contributed by atoms with Gasteiger partial charge in [0.15, 0.2) is 0 Å². The molecular formula is C24H32N6O2. The van der Waals surface area contributed by atoms with Gasteiger partial charge in [0, 0.05) is 38.4 Å². The number of aromatic amines is 1. The van der Waals surface area contributed by atoms with Gasteiger partial charge in [-0.3, -0.25) is 5.10 Å². The summed E-state index contributed by atoms with van der Waals surface area (Å²) in [7, 11) is 3.65. The Labute approximate surface area is 189 Å². The second-order valence-electron chi connectivity index (χ2n) is 7.58. The van der Waals surface area contributed by atoms with Crippen molar-refractivity contribution in [1.29, 1.82) is 0 Å². The number of carbonyl (C=O) groups excluding carboxylic acids is 1. The van der Waals surface area contributed by atoms with Crippen molar-refractivity contribution in [2.45, 2.75) is 19.9 Å². The topological polar surface area (TPSA) is 99.5 Å². The first kappa shape index (κ1) is 23.1. The van der Waals surface area contributed by atoms with Crippen molar-refractivity contribution in [2.75, 3.05) is 44.0 Å². The number of rotatable bonds is 10. The van der Waals surface area contributed by atoms with Crippen LogP contribution in [0.4, 0.5) is 16.2 Å². The summed E-state index contributed by atoms with van der Waals surface area (Å²) in [6.45, 7) is 4.43. The van der Waals surface area contributed by atoms with Crippen LogP contribution in [0.15, 0.2) is 54.9 Å². The number of amides is 2. The monoisotopic (exact) mass is 436 g/mol. The number of benzene rings is 2. The fraction of sp³-hybridized carbons (Fsp3) is 0.333. The summed E-state index contributed by atoms with van der Waals surface area (Å²) in [4.78, 5) is 17.0. The van der Waals surface area contributed by atoms with E-state index < -0.39 is 0 Å². The molecule has 32 heavy (non-hydrogen) atoms. The highest BCUT2D eigenvalue weighted by Gasteiger charge is 2.17. The van der Waals surface area contributed by atoms with Crippen LogP contribution in [0.3, 0.4) is 0 Å². The minimum absolute atomic E-state index is 0.153. The van der Waals surface area contributed by atoms with Crippen molar-refractivity contribution in [3.05, 3.63) is 60.4 Å². The van der Waals surface area contributed by atoms with E-state index in [0.717, 1.165) is 46.8 Å². The van der Waals surface area contributed by atoms with E-state index in [1.165, 1.54) is 0 Å². The molecule has 0 atom stereocenters. The molecule has 3 rings (SSSR count). The van der Waals surface area contributed by atoms with Gasteiger partial charge in [-0.15, -0.1) is 0 Å². The van der Waals surface area contributed by atoms with Crippen molar-refractivity contribution in [1.82, 2.24) is 15.1 Å². The molecule has 170 valence electrons. The highest BCUT2D eigenvalue weighted by atomic mass is 16.5. The molecule has 0 saturated carbocycles. The van der Waals surface area contributed by atoms with Gasteiger partial charge in [0.05, 0.1) is 24.7 Å². The number of carbonyl (C=O) groups is 1. The Hall–Kier alpha value is -3.52. The molecular weight excluding hydrogens is 404 g/mol. The van der Waals surface area contributed by atoms with E-state index in [9.17, 15) is 4.79 Å². The number of nitrogens with zero attached hydrogens (tertiary/aromatic N) is 3. The molecule has 1 heterocycles. The lowest BCUT2D eigenvalue weighted by Gasteiger charge is -2.26. The molecule has 3 aromatic rings. The van der Waals surface area contributed by atoms with Crippen LogP contribution in [-0.4, -0.2) is 54.9 Å². The Kier molecular flexibility index (Phi) is 8.10. The summed E-state index contributed by atoms with van der Waals surface area (Å²) in [5, 5.41) is 9.99. The zero-order chi connectivity index (χ0) is 22.9. The quantitative estimate of drug-likeness (QED) is 0.447. The molecule has 0 saturated heterocycles. The van der Waals surface area contributed by atoms with E-state index in [2.05, 4.69) is 26.5 Å². The number of nitrogens with two attached hydrogens (primary N) is 1. The van der Waals surface area contributed by atoms with Crippen LogP contribution >= 0.6 is 0 Å². The third kappa shape index (κ3) is 5.79. The number of hydrogen-bond donors (Lipinski definition) is 3. The molecule has 2 amide bonds. The summed E-state index contributed by atoms with van der Waals surface area (Å²) in [6.07, 6.45) is 4.49. The maximum Gasteiger partial charge on any atom is 0.322 e. The summed E-state index contributed by atoms with van der Waals surface area (Å²) < 4.78 is 5.30. The van der Waals surface area contributed by atoms with E-state index in [1.54, 1.807) is 18.2 Å². The van der Waals surface area contributed by atoms with E-state index in [4.69, 9.17) is 10.5 Å². The molecule has 0 unspecified atom stereocenters. The van der Waals surface area contributed by atoms with E-state index in [-0.39, 0.29) is 6.03 Å². The third-order valence-corrected chi connectivity index (χ3v) is 5.36. The fourth-order valence-electron chi connectivity index (χ4n) is 3.50. The molecule has 0 radical (unpaired) electrons. The standard InChI is InChI=1S/C24H32N6O2/c1-4-30(17-18-7-5-8-21(13-18)32-3)24(31)28-22-10-9-19(20-15-26-27-16-20)14-23(22)29(2)12-6-11-25/h5,7-10,13-16H,4,6,11-12,17,25H2,1-3H3,(H,26,27)(H,28,31). The highest BCUT2D eigenvalue weighted by molar-refractivity contribution is 5.94. The number of H-pyrrole nitrogens is 1. The van der Waals surface area contributed by atoms with Crippen LogP contribution in [0.5, 0.6) is 5.75 Å². The predicted molar refractivity (Wildman–Crippen MR) is 129 cm³/mol. The van der Waals surface area contributed by atoms with Gasteiger partial charge in [-0.1, -0.05) is 18.2 Å². The SMILES string of the molecule is CCN(Cc1cccc(OC)c1)C(=O)Nc1ccc(-c2cn[nH]c2)cc1N(C)CCCN. The summed E-state index contributed by atoms with van der Waals surface area (Å²) in [5.41, 5.74) is 10.4. The average molecular weight is 437 g/mol. The number of aromatic nitrogens is 2. The zero-order valence-electron chi connectivity index (χ0n) is 19.0. The second kappa shape index (κ2) is 11.2.